The summed E-state index contributed by atoms with van der Waals surface area (Å²) in [4.78, 5) is 4.03. The van der Waals surface area contributed by atoms with Gasteiger partial charge in [0.05, 0.1) is 0 Å². The number of nitrogens with two attached hydrogens (primary N) is 1. The van der Waals surface area contributed by atoms with Gasteiger partial charge in [-0.2, -0.15) is 5.26 Å². The Labute approximate surface area is 132 Å². The van der Waals surface area contributed by atoms with Crippen molar-refractivity contribution in [3.63, 3.8) is 0 Å². The molecule has 0 fully saturated rings. The van der Waals surface area contributed by atoms with Gasteiger partial charge in [-0.3, -0.25) is 0 Å². The standard InChI is InChI=1S/C16H16BrN3O/c1-11(19)7-13-8-14(17)4-5-16(13)21-10-12-3-2-6-20-15(12)9-18/h2-6,8,11H,7,10,19H2,1H3. The third-order valence-electron chi connectivity index (χ3n) is 2.94. The summed E-state index contributed by atoms with van der Waals surface area (Å²) in [5.74, 6) is 0.781. The van der Waals surface area contributed by atoms with Crippen LogP contribution in [-0.4, -0.2) is 11.0 Å². The summed E-state index contributed by atoms with van der Waals surface area (Å²) in [6.07, 6.45) is 2.33. The lowest BCUT2D eigenvalue weighted by Gasteiger charge is -2.14. The van der Waals surface area contributed by atoms with Gasteiger partial charge in [-0.15, -0.1) is 0 Å². The Balaban J connectivity index is 2.18. The number of halogens is 1. The molecule has 2 aromatic rings. The number of aromatic nitrogens is 1. The molecule has 1 heterocycles. The van der Waals surface area contributed by atoms with E-state index < -0.39 is 0 Å². The Hall–Kier alpha value is -1.90. The first-order chi connectivity index (χ1) is 10.1. The summed E-state index contributed by atoms with van der Waals surface area (Å²) in [5.41, 5.74) is 8.08. The molecule has 1 atom stereocenters. The van der Waals surface area contributed by atoms with E-state index in [2.05, 4.69) is 27.0 Å². The van der Waals surface area contributed by atoms with Gasteiger partial charge in [-0.1, -0.05) is 22.0 Å². The van der Waals surface area contributed by atoms with E-state index >= 15 is 0 Å². The van der Waals surface area contributed by atoms with Crippen molar-refractivity contribution in [3.05, 3.63) is 57.8 Å². The van der Waals surface area contributed by atoms with Crippen LogP contribution >= 0.6 is 15.9 Å². The third kappa shape index (κ3) is 4.28. The maximum atomic E-state index is 9.03. The van der Waals surface area contributed by atoms with Crippen LogP contribution < -0.4 is 10.5 Å². The minimum Gasteiger partial charge on any atom is -0.489 e. The normalized spacial score (nSPS) is 11.7. The van der Waals surface area contributed by atoms with E-state index in [1.165, 1.54) is 0 Å². The lowest BCUT2D eigenvalue weighted by atomic mass is 10.1. The molecule has 0 aliphatic rings. The van der Waals surface area contributed by atoms with E-state index in [0.29, 0.717) is 12.3 Å². The molecule has 0 bridgehead atoms. The van der Waals surface area contributed by atoms with Crippen LogP contribution in [0.3, 0.4) is 0 Å². The Morgan fingerprint density at radius 3 is 2.90 bits per heavy atom. The van der Waals surface area contributed by atoms with Gasteiger partial charge in [0.2, 0.25) is 0 Å². The maximum Gasteiger partial charge on any atom is 0.147 e. The molecular weight excluding hydrogens is 330 g/mol. The fraction of sp³-hybridized carbons (Fsp3) is 0.250. The van der Waals surface area contributed by atoms with E-state index in [1.807, 2.05) is 31.2 Å². The van der Waals surface area contributed by atoms with Crippen molar-refractivity contribution >= 4 is 15.9 Å². The predicted molar refractivity (Wildman–Crippen MR) is 84.8 cm³/mol. The van der Waals surface area contributed by atoms with Crippen LogP contribution in [0.5, 0.6) is 5.75 Å². The van der Waals surface area contributed by atoms with Crippen LogP contribution in [0.15, 0.2) is 41.0 Å². The summed E-state index contributed by atoms with van der Waals surface area (Å²) in [6, 6.07) is 11.6. The molecular formula is C16H16BrN3O. The van der Waals surface area contributed by atoms with Crippen LogP contribution in [0.2, 0.25) is 0 Å². The van der Waals surface area contributed by atoms with Gasteiger partial charge in [0, 0.05) is 22.3 Å². The van der Waals surface area contributed by atoms with Gasteiger partial charge in [-0.25, -0.2) is 4.98 Å². The largest absolute Gasteiger partial charge is 0.489 e. The fourth-order valence-corrected chi connectivity index (χ4v) is 2.41. The SMILES string of the molecule is CC(N)Cc1cc(Br)ccc1OCc1cccnc1C#N. The predicted octanol–water partition coefficient (Wildman–Crippen LogP) is 3.18. The first kappa shape index (κ1) is 15.5. The number of pyridine rings is 1. The molecule has 21 heavy (non-hydrogen) atoms. The maximum absolute atomic E-state index is 9.03. The quantitative estimate of drug-likeness (QED) is 0.903. The molecule has 1 aromatic heterocycles. The average Bonchev–Trinajstić information content (AvgIpc) is 2.46. The lowest BCUT2D eigenvalue weighted by molar-refractivity contribution is 0.301. The second kappa shape index (κ2) is 7.21. The van der Waals surface area contributed by atoms with Crippen molar-refractivity contribution in [3.8, 4) is 11.8 Å². The Bertz CT molecular complexity index is 665. The molecule has 0 radical (unpaired) electrons. The second-order valence-corrected chi connectivity index (χ2v) is 5.76. The van der Waals surface area contributed by atoms with E-state index in [-0.39, 0.29) is 6.04 Å². The van der Waals surface area contributed by atoms with E-state index in [4.69, 9.17) is 15.7 Å². The topological polar surface area (TPSA) is 71.9 Å². The van der Waals surface area contributed by atoms with Gasteiger partial charge < -0.3 is 10.5 Å². The molecule has 2 N–H and O–H groups in total. The molecule has 1 unspecified atom stereocenters. The van der Waals surface area contributed by atoms with Crippen molar-refractivity contribution in [2.45, 2.75) is 26.0 Å². The molecule has 1 aromatic carbocycles. The molecule has 2 rings (SSSR count). The Kier molecular flexibility index (Phi) is 5.32. The molecule has 108 valence electrons. The van der Waals surface area contributed by atoms with E-state index in [9.17, 15) is 0 Å². The van der Waals surface area contributed by atoms with Gasteiger partial charge in [-0.05, 0) is 43.2 Å². The number of nitrogens with zero attached hydrogens (tertiary/aromatic N) is 2. The van der Waals surface area contributed by atoms with Gasteiger partial charge in [0.1, 0.15) is 24.1 Å². The summed E-state index contributed by atoms with van der Waals surface area (Å²) < 4.78 is 6.84. The fourth-order valence-electron chi connectivity index (χ4n) is 2.01. The number of ether oxygens (including phenoxy) is 1. The number of nitriles is 1. The average molecular weight is 346 g/mol. The summed E-state index contributed by atoms with van der Waals surface area (Å²) in [7, 11) is 0. The number of hydrogen-bond donors (Lipinski definition) is 1. The van der Waals surface area contributed by atoms with Crippen LogP contribution in [0, 0.1) is 11.3 Å². The van der Waals surface area contributed by atoms with Gasteiger partial charge in [0.15, 0.2) is 0 Å². The van der Waals surface area contributed by atoms with Crippen molar-refractivity contribution in [1.29, 1.82) is 5.26 Å². The Morgan fingerprint density at radius 1 is 1.38 bits per heavy atom. The Morgan fingerprint density at radius 2 is 2.19 bits per heavy atom. The highest BCUT2D eigenvalue weighted by Gasteiger charge is 2.09. The highest BCUT2D eigenvalue weighted by molar-refractivity contribution is 9.10. The first-order valence-corrected chi connectivity index (χ1v) is 7.40. The van der Waals surface area contributed by atoms with E-state index in [0.717, 1.165) is 27.8 Å². The summed E-state index contributed by atoms with van der Waals surface area (Å²) in [5, 5.41) is 9.03. The molecule has 0 saturated heterocycles. The van der Waals surface area contributed by atoms with Crippen LogP contribution in [0.25, 0.3) is 0 Å². The summed E-state index contributed by atoms with van der Waals surface area (Å²) >= 11 is 3.46. The molecule has 0 spiro atoms. The minimum absolute atomic E-state index is 0.0507. The molecule has 4 nitrogen and oxygen atoms in total. The zero-order valence-corrected chi connectivity index (χ0v) is 13.3. The molecule has 0 aliphatic carbocycles. The van der Waals surface area contributed by atoms with Crippen molar-refractivity contribution in [1.82, 2.24) is 4.98 Å². The molecule has 0 amide bonds. The van der Waals surface area contributed by atoms with E-state index in [1.54, 1.807) is 12.3 Å². The number of rotatable bonds is 5. The number of benzene rings is 1. The zero-order valence-electron chi connectivity index (χ0n) is 11.7. The van der Waals surface area contributed by atoms with Crippen molar-refractivity contribution in [2.75, 3.05) is 0 Å². The highest BCUT2D eigenvalue weighted by Crippen LogP contribution is 2.25. The molecule has 0 aliphatic heterocycles. The monoisotopic (exact) mass is 345 g/mol. The van der Waals surface area contributed by atoms with Crippen LogP contribution in [0.1, 0.15) is 23.7 Å². The van der Waals surface area contributed by atoms with Crippen molar-refractivity contribution in [2.24, 2.45) is 5.73 Å². The number of hydrogen-bond acceptors (Lipinski definition) is 4. The molecule has 5 heteroatoms. The third-order valence-corrected chi connectivity index (χ3v) is 3.44. The van der Waals surface area contributed by atoms with Gasteiger partial charge in [0.25, 0.3) is 0 Å². The first-order valence-electron chi connectivity index (χ1n) is 6.61. The lowest BCUT2D eigenvalue weighted by Crippen LogP contribution is -2.18. The highest BCUT2D eigenvalue weighted by atomic mass is 79.9. The zero-order chi connectivity index (χ0) is 15.2. The second-order valence-electron chi connectivity index (χ2n) is 4.85. The summed E-state index contributed by atoms with van der Waals surface area (Å²) in [6.45, 7) is 2.27. The van der Waals surface area contributed by atoms with Gasteiger partial charge >= 0.3 is 0 Å². The smallest absolute Gasteiger partial charge is 0.147 e. The van der Waals surface area contributed by atoms with Crippen LogP contribution in [0.4, 0.5) is 0 Å². The van der Waals surface area contributed by atoms with Crippen LogP contribution in [-0.2, 0) is 13.0 Å². The molecule has 0 saturated carbocycles. The minimum atomic E-state index is 0.0507. The van der Waals surface area contributed by atoms with Crippen molar-refractivity contribution < 1.29 is 4.74 Å².